The number of rotatable bonds is 7. The number of nitrogens with zero attached hydrogens (tertiary/aromatic N) is 3. The van der Waals surface area contributed by atoms with Gasteiger partial charge < -0.3 is 19.7 Å². The lowest BCUT2D eigenvalue weighted by atomic mass is 10.2. The lowest BCUT2D eigenvalue weighted by Crippen LogP contribution is -2.25. The van der Waals surface area contributed by atoms with Crippen LogP contribution in [0.15, 0.2) is 24.5 Å². The van der Waals surface area contributed by atoms with Crippen molar-refractivity contribution in [1.82, 2.24) is 14.9 Å². The molecule has 23 heavy (non-hydrogen) atoms. The highest BCUT2D eigenvalue weighted by Gasteiger charge is 2.20. The van der Waals surface area contributed by atoms with Gasteiger partial charge in [-0.3, -0.25) is 0 Å². The van der Waals surface area contributed by atoms with Gasteiger partial charge in [0.1, 0.15) is 24.5 Å². The van der Waals surface area contributed by atoms with Gasteiger partial charge in [-0.2, -0.15) is 0 Å². The number of anilines is 1. The first-order valence-electron chi connectivity index (χ1n) is 7.72. The molecule has 1 N–H and O–H groups in total. The van der Waals surface area contributed by atoms with Crippen LogP contribution in [-0.4, -0.2) is 54.3 Å². The summed E-state index contributed by atoms with van der Waals surface area (Å²) < 4.78 is 10.2. The van der Waals surface area contributed by atoms with E-state index in [1.165, 1.54) is 0 Å². The van der Waals surface area contributed by atoms with Crippen molar-refractivity contribution in [1.29, 1.82) is 0 Å². The van der Waals surface area contributed by atoms with Crippen molar-refractivity contribution >= 4 is 22.8 Å². The third kappa shape index (κ3) is 3.61. The zero-order valence-electron chi connectivity index (χ0n) is 13.1. The number of methoxy groups -OCH3 is 1. The lowest BCUT2D eigenvalue weighted by Gasteiger charge is -2.13. The Morgan fingerprint density at radius 1 is 1.35 bits per heavy atom. The Hall–Kier alpha value is -2.57. The number of fused-ring (bicyclic) bond motifs is 1. The first-order chi connectivity index (χ1) is 11.3. The predicted octanol–water partition coefficient (Wildman–Crippen LogP) is 2.28. The van der Waals surface area contributed by atoms with Crippen molar-refractivity contribution in [2.75, 3.05) is 38.7 Å². The molecule has 7 nitrogen and oxygen atoms in total. The topological polar surface area (TPSA) is 76.6 Å². The van der Waals surface area contributed by atoms with Crippen LogP contribution in [0.4, 0.5) is 10.6 Å². The Labute approximate surface area is 134 Å². The van der Waals surface area contributed by atoms with Gasteiger partial charge in [-0.05, 0) is 31.0 Å². The number of amides is 1. The number of cyclic esters (lactones) is 1. The molecule has 1 aliphatic rings. The molecule has 1 aliphatic heterocycles. The molecule has 2 heterocycles. The van der Waals surface area contributed by atoms with Gasteiger partial charge in [0, 0.05) is 18.5 Å². The summed E-state index contributed by atoms with van der Waals surface area (Å²) in [5.74, 6) is 1.58. The van der Waals surface area contributed by atoms with Gasteiger partial charge in [-0.25, -0.2) is 14.8 Å². The van der Waals surface area contributed by atoms with E-state index >= 15 is 0 Å². The van der Waals surface area contributed by atoms with Crippen LogP contribution in [0.3, 0.4) is 0 Å². The zero-order valence-corrected chi connectivity index (χ0v) is 13.1. The zero-order chi connectivity index (χ0) is 16.1. The smallest absolute Gasteiger partial charge is 0.409 e. The summed E-state index contributed by atoms with van der Waals surface area (Å²) in [5, 5.41) is 4.27. The number of aromatic nitrogens is 2. The molecular formula is C16H20N4O3. The fraction of sp³-hybridized carbons (Fsp3) is 0.438. The van der Waals surface area contributed by atoms with Gasteiger partial charge in [0.25, 0.3) is 0 Å². The van der Waals surface area contributed by atoms with E-state index in [9.17, 15) is 4.79 Å². The van der Waals surface area contributed by atoms with Crippen LogP contribution in [0.2, 0.25) is 0 Å². The standard InChI is InChI=1S/C16H20N4O3/c1-22-12-4-5-14-13(10-12)15(19-11-18-14)17-6-2-3-7-20-8-9-23-16(20)21/h4-5,10-11H,2-3,6-9H2,1H3,(H,17,18,19). The molecule has 0 radical (unpaired) electrons. The number of ether oxygens (including phenoxy) is 2. The van der Waals surface area contributed by atoms with Crippen LogP contribution in [0, 0.1) is 0 Å². The van der Waals surface area contributed by atoms with E-state index in [2.05, 4.69) is 15.3 Å². The molecular weight excluding hydrogens is 296 g/mol. The van der Waals surface area contributed by atoms with Crippen LogP contribution in [0.5, 0.6) is 5.75 Å². The highest BCUT2D eigenvalue weighted by Crippen LogP contribution is 2.24. The summed E-state index contributed by atoms with van der Waals surface area (Å²) in [6, 6.07) is 5.73. The quantitative estimate of drug-likeness (QED) is 0.790. The summed E-state index contributed by atoms with van der Waals surface area (Å²) >= 11 is 0. The van der Waals surface area contributed by atoms with E-state index in [4.69, 9.17) is 9.47 Å². The minimum atomic E-state index is -0.202. The molecule has 0 unspecified atom stereocenters. The second-order valence-corrected chi connectivity index (χ2v) is 5.34. The van der Waals surface area contributed by atoms with Crippen LogP contribution in [0.1, 0.15) is 12.8 Å². The molecule has 7 heteroatoms. The van der Waals surface area contributed by atoms with Crippen molar-refractivity contribution in [3.8, 4) is 5.75 Å². The molecule has 0 aliphatic carbocycles. The third-order valence-electron chi connectivity index (χ3n) is 3.83. The van der Waals surface area contributed by atoms with Crippen molar-refractivity contribution < 1.29 is 14.3 Å². The van der Waals surface area contributed by atoms with Crippen LogP contribution < -0.4 is 10.1 Å². The van der Waals surface area contributed by atoms with Crippen molar-refractivity contribution in [2.45, 2.75) is 12.8 Å². The molecule has 0 bridgehead atoms. The monoisotopic (exact) mass is 316 g/mol. The molecule has 0 spiro atoms. The first-order valence-corrected chi connectivity index (χ1v) is 7.72. The van der Waals surface area contributed by atoms with Gasteiger partial charge >= 0.3 is 6.09 Å². The van der Waals surface area contributed by atoms with E-state index in [1.54, 1.807) is 18.3 Å². The molecule has 0 atom stereocenters. The number of carbonyl (C=O) groups excluding carboxylic acids is 1. The van der Waals surface area contributed by atoms with Gasteiger partial charge in [-0.15, -0.1) is 0 Å². The summed E-state index contributed by atoms with van der Waals surface area (Å²) in [7, 11) is 1.64. The molecule has 2 aromatic rings. The molecule has 1 fully saturated rings. The molecule has 3 rings (SSSR count). The van der Waals surface area contributed by atoms with Crippen molar-refractivity contribution in [3.63, 3.8) is 0 Å². The fourth-order valence-electron chi connectivity index (χ4n) is 2.57. The van der Waals surface area contributed by atoms with Gasteiger partial charge in [0.05, 0.1) is 19.2 Å². The third-order valence-corrected chi connectivity index (χ3v) is 3.83. The summed E-state index contributed by atoms with van der Waals surface area (Å²) in [5.41, 5.74) is 0.878. The van der Waals surface area contributed by atoms with Crippen LogP contribution >= 0.6 is 0 Å². The summed E-state index contributed by atoms with van der Waals surface area (Å²) in [6.45, 7) is 2.72. The maximum absolute atomic E-state index is 11.3. The first kappa shape index (κ1) is 15.3. The number of carbonyl (C=O) groups is 1. The maximum Gasteiger partial charge on any atom is 0.409 e. The summed E-state index contributed by atoms with van der Waals surface area (Å²) in [6.07, 6.45) is 3.22. The molecule has 1 aromatic carbocycles. The molecule has 1 amide bonds. The highest BCUT2D eigenvalue weighted by atomic mass is 16.6. The van der Waals surface area contributed by atoms with E-state index < -0.39 is 0 Å². The van der Waals surface area contributed by atoms with E-state index in [-0.39, 0.29) is 6.09 Å². The Morgan fingerprint density at radius 3 is 3.04 bits per heavy atom. The molecule has 1 saturated heterocycles. The van der Waals surface area contributed by atoms with Crippen molar-refractivity contribution in [3.05, 3.63) is 24.5 Å². The second kappa shape index (κ2) is 7.13. The Bertz CT molecular complexity index is 692. The highest BCUT2D eigenvalue weighted by molar-refractivity contribution is 5.89. The number of nitrogens with one attached hydrogen (secondary N) is 1. The van der Waals surface area contributed by atoms with E-state index in [0.29, 0.717) is 13.2 Å². The number of hydrogen-bond acceptors (Lipinski definition) is 6. The molecule has 122 valence electrons. The normalized spacial score (nSPS) is 14.1. The average molecular weight is 316 g/mol. The second-order valence-electron chi connectivity index (χ2n) is 5.34. The van der Waals surface area contributed by atoms with Gasteiger partial charge in [0.2, 0.25) is 0 Å². The average Bonchev–Trinajstić information content (AvgIpc) is 2.99. The van der Waals surface area contributed by atoms with Crippen LogP contribution in [0.25, 0.3) is 10.9 Å². The van der Waals surface area contributed by atoms with Gasteiger partial charge in [0.15, 0.2) is 0 Å². The Morgan fingerprint density at radius 2 is 2.26 bits per heavy atom. The minimum Gasteiger partial charge on any atom is -0.497 e. The fourth-order valence-corrected chi connectivity index (χ4v) is 2.57. The van der Waals surface area contributed by atoms with E-state index in [1.807, 2.05) is 18.2 Å². The SMILES string of the molecule is COc1ccc2ncnc(NCCCCN3CCOC3=O)c2c1. The molecule has 0 saturated carbocycles. The summed E-state index contributed by atoms with van der Waals surface area (Å²) in [4.78, 5) is 21.6. The van der Waals surface area contributed by atoms with Gasteiger partial charge in [-0.1, -0.05) is 0 Å². The Kier molecular flexibility index (Phi) is 4.75. The van der Waals surface area contributed by atoms with Crippen molar-refractivity contribution in [2.24, 2.45) is 0 Å². The Balaban J connectivity index is 1.53. The number of hydrogen-bond donors (Lipinski definition) is 1. The molecule has 1 aromatic heterocycles. The lowest BCUT2D eigenvalue weighted by molar-refractivity contribution is 0.158. The number of benzene rings is 1. The van der Waals surface area contributed by atoms with E-state index in [0.717, 1.165) is 48.4 Å². The minimum absolute atomic E-state index is 0.202. The predicted molar refractivity (Wildman–Crippen MR) is 86.7 cm³/mol. The maximum atomic E-state index is 11.3. The number of unbranched alkanes of at least 4 members (excludes halogenated alkanes) is 1. The largest absolute Gasteiger partial charge is 0.497 e. The van der Waals surface area contributed by atoms with Crippen LogP contribution in [-0.2, 0) is 4.74 Å².